The molecule has 1 aliphatic carbocycles. The summed E-state index contributed by atoms with van der Waals surface area (Å²) in [7, 11) is 0. The molecule has 15 heavy (non-hydrogen) atoms. The summed E-state index contributed by atoms with van der Waals surface area (Å²) < 4.78 is 5.02. The van der Waals surface area contributed by atoms with Gasteiger partial charge in [-0.2, -0.15) is 0 Å². The Balaban J connectivity index is 2.80. The number of rotatable bonds is 3. The lowest BCUT2D eigenvalue weighted by Crippen LogP contribution is -2.48. The lowest BCUT2D eigenvalue weighted by molar-refractivity contribution is -0.170. The van der Waals surface area contributed by atoms with Gasteiger partial charge in [-0.25, -0.2) is 0 Å². The van der Waals surface area contributed by atoms with Crippen LogP contribution in [0.1, 0.15) is 47.0 Å². The predicted molar refractivity (Wildman–Crippen MR) is 58.4 cm³/mol. The van der Waals surface area contributed by atoms with Crippen LogP contribution in [0.5, 0.6) is 0 Å². The van der Waals surface area contributed by atoms with E-state index >= 15 is 0 Å². The van der Waals surface area contributed by atoms with E-state index in [-0.39, 0.29) is 5.97 Å². The third-order valence-electron chi connectivity index (χ3n) is 3.69. The largest absolute Gasteiger partial charge is 0.465 e. The number of carbonyl (C=O) groups is 1. The Morgan fingerprint density at radius 2 is 2.20 bits per heavy atom. The van der Waals surface area contributed by atoms with Crippen molar-refractivity contribution in [2.75, 3.05) is 6.61 Å². The highest BCUT2D eigenvalue weighted by Crippen LogP contribution is 2.46. The Bertz CT molecular complexity index is 247. The lowest BCUT2D eigenvalue weighted by atomic mass is 9.73. The van der Waals surface area contributed by atoms with Gasteiger partial charge in [0.05, 0.1) is 17.6 Å². The topological polar surface area (TPSA) is 46.5 Å². The Morgan fingerprint density at radius 3 is 2.60 bits per heavy atom. The van der Waals surface area contributed by atoms with Crippen LogP contribution < -0.4 is 0 Å². The monoisotopic (exact) mass is 214 g/mol. The molecule has 1 N–H and O–H groups in total. The normalized spacial score (nSPS) is 31.7. The molecule has 0 aromatic heterocycles. The van der Waals surface area contributed by atoms with Crippen LogP contribution in [-0.2, 0) is 9.53 Å². The van der Waals surface area contributed by atoms with Gasteiger partial charge in [-0.3, -0.25) is 4.79 Å². The molecule has 88 valence electrons. The lowest BCUT2D eigenvalue weighted by Gasteiger charge is -2.37. The van der Waals surface area contributed by atoms with Crippen LogP contribution in [-0.4, -0.2) is 23.3 Å². The van der Waals surface area contributed by atoms with Crippen LogP contribution in [0.4, 0.5) is 0 Å². The van der Waals surface area contributed by atoms with Crippen molar-refractivity contribution in [1.29, 1.82) is 0 Å². The third-order valence-corrected chi connectivity index (χ3v) is 3.69. The average Bonchev–Trinajstić information content (AvgIpc) is 2.48. The number of ether oxygens (including phenoxy) is 1. The van der Waals surface area contributed by atoms with Gasteiger partial charge in [0.1, 0.15) is 0 Å². The molecule has 1 fully saturated rings. The summed E-state index contributed by atoms with van der Waals surface area (Å²) in [5, 5.41) is 10.5. The van der Waals surface area contributed by atoms with Gasteiger partial charge in [0.2, 0.25) is 0 Å². The van der Waals surface area contributed by atoms with Gasteiger partial charge in [-0.05, 0) is 46.0 Å². The van der Waals surface area contributed by atoms with Gasteiger partial charge in [0.15, 0.2) is 0 Å². The Hall–Kier alpha value is -0.570. The van der Waals surface area contributed by atoms with E-state index in [0.717, 1.165) is 6.42 Å². The summed E-state index contributed by atoms with van der Waals surface area (Å²) in [6, 6.07) is 0. The van der Waals surface area contributed by atoms with E-state index in [2.05, 4.69) is 6.92 Å². The van der Waals surface area contributed by atoms with E-state index in [0.29, 0.717) is 25.4 Å². The van der Waals surface area contributed by atoms with Crippen molar-refractivity contribution < 1.29 is 14.6 Å². The molecule has 1 rings (SSSR count). The number of aliphatic hydroxyl groups is 1. The van der Waals surface area contributed by atoms with Gasteiger partial charge in [0.25, 0.3) is 0 Å². The molecule has 0 aliphatic heterocycles. The summed E-state index contributed by atoms with van der Waals surface area (Å²) in [5.74, 6) is 0.199. The fraction of sp³-hybridized carbons (Fsp3) is 0.917. The molecule has 0 aromatic rings. The highest BCUT2D eigenvalue weighted by atomic mass is 16.5. The maximum absolute atomic E-state index is 11.8. The molecular weight excluding hydrogens is 192 g/mol. The molecule has 3 heteroatoms. The first-order chi connectivity index (χ1) is 6.83. The van der Waals surface area contributed by atoms with E-state index < -0.39 is 11.0 Å². The van der Waals surface area contributed by atoms with Gasteiger partial charge in [-0.1, -0.05) is 6.92 Å². The first kappa shape index (κ1) is 12.5. The molecule has 0 saturated heterocycles. The van der Waals surface area contributed by atoms with Crippen molar-refractivity contribution in [3.63, 3.8) is 0 Å². The molecule has 0 bridgehead atoms. The zero-order chi connectivity index (χ0) is 11.7. The minimum absolute atomic E-state index is 0.290. The average molecular weight is 214 g/mol. The molecule has 3 nitrogen and oxygen atoms in total. The van der Waals surface area contributed by atoms with Crippen molar-refractivity contribution in [1.82, 2.24) is 0 Å². The van der Waals surface area contributed by atoms with Gasteiger partial charge >= 0.3 is 5.97 Å². The van der Waals surface area contributed by atoms with Crippen LogP contribution in [0.2, 0.25) is 0 Å². The van der Waals surface area contributed by atoms with Gasteiger partial charge in [0, 0.05) is 0 Å². The molecule has 1 saturated carbocycles. The van der Waals surface area contributed by atoms with E-state index in [1.165, 1.54) is 0 Å². The fourth-order valence-electron chi connectivity index (χ4n) is 2.33. The maximum Gasteiger partial charge on any atom is 0.314 e. The second-order valence-electron chi connectivity index (χ2n) is 5.23. The molecular formula is C12H22O3. The molecule has 1 aliphatic rings. The fourth-order valence-corrected chi connectivity index (χ4v) is 2.33. The Morgan fingerprint density at radius 1 is 1.60 bits per heavy atom. The quantitative estimate of drug-likeness (QED) is 0.732. The minimum atomic E-state index is -0.890. The number of esters is 1. The number of hydrogen-bond acceptors (Lipinski definition) is 3. The molecule has 0 radical (unpaired) electrons. The van der Waals surface area contributed by atoms with Gasteiger partial charge < -0.3 is 9.84 Å². The van der Waals surface area contributed by atoms with Gasteiger partial charge in [-0.15, -0.1) is 0 Å². The molecule has 0 unspecified atom stereocenters. The van der Waals surface area contributed by atoms with E-state index in [9.17, 15) is 9.90 Å². The summed E-state index contributed by atoms with van der Waals surface area (Å²) in [6.07, 6.45) is 2.37. The highest BCUT2D eigenvalue weighted by Gasteiger charge is 2.52. The molecule has 0 heterocycles. The van der Waals surface area contributed by atoms with Crippen LogP contribution >= 0.6 is 0 Å². The summed E-state index contributed by atoms with van der Waals surface area (Å²) >= 11 is 0. The van der Waals surface area contributed by atoms with E-state index in [1.54, 1.807) is 20.8 Å². The molecule has 0 amide bonds. The van der Waals surface area contributed by atoms with Crippen LogP contribution in [0.3, 0.4) is 0 Å². The Kier molecular flexibility index (Phi) is 3.44. The number of carbonyl (C=O) groups excluding carboxylic acids is 1. The molecule has 2 atom stereocenters. The van der Waals surface area contributed by atoms with Crippen molar-refractivity contribution in [2.24, 2.45) is 11.3 Å². The van der Waals surface area contributed by atoms with E-state index in [1.807, 2.05) is 0 Å². The zero-order valence-corrected chi connectivity index (χ0v) is 10.2. The van der Waals surface area contributed by atoms with Crippen LogP contribution in [0.15, 0.2) is 0 Å². The maximum atomic E-state index is 11.8. The Labute approximate surface area is 91.8 Å². The molecule has 0 spiro atoms. The van der Waals surface area contributed by atoms with Crippen molar-refractivity contribution in [2.45, 2.75) is 52.6 Å². The standard InChI is InChI=1S/C12H22O3/c1-5-15-10(13)11(3,4)12(14)7-6-9(2)8-12/h9,14H,5-8H2,1-4H3/t9-,12-/m0/s1. The summed E-state index contributed by atoms with van der Waals surface area (Å²) in [5.41, 5.74) is -1.69. The first-order valence-corrected chi connectivity index (χ1v) is 5.73. The summed E-state index contributed by atoms with van der Waals surface area (Å²) in [4.78, 5) is 11.8. The highest BCUT2D eigenvalue weighted by molar-refractivity contribution is 5.77. The van der Waals surface area contributed by atoms with Crippen LogP contribution in [0.25, 0.3) is 0 Å². The second-order valence-corrected chi connectivity index (χ2v) is 5.23. The van der Waals surface area contributed by atoms with Crippen molar-refractivity contribution in [3.05, 3.63) is 0 Å². The van der Waals surface area contributed by atoms with E-state index in [4.69, 9.17) is 4.74 Å². The molecule has 0 aromatic carbocycles. The number of hydrogen-bond donors (Lipinski definition) is 1. The predicted octanol–water partition coefficient (Wildman–Crippen LogP) is 2.13. The van der Waals surface area contributed by atoms with Crippen molar-refractivity contribution in [3.8, 4) is 0 Å². The zero-order valence-electron chi connectivity index (χ0n) is 10.2. The second kappa shape index (κ2) is 4.12. The van der Waals surface area contributed by atoms with Crippen molar-refractivity contribution >= 4 is 5.97 Å². The minimum Gasteiger partial charge on any atom is -0.465 e. The first-order valence-electron chi connectivity index (χ1n) is 5.73. The van der Waals surface area contributed by atoms with Crippen LogP contribution in [0, 0.1) is 11.3 Å². The smallest absolute Gasteiger partial charge is 0.314 e. The summed E-state index contributed by atoms with van der Waals surface area (Å²) in [6.45, 7) is 7.83. The SMILES string of the molecule is CCOC(=O)C(C)(C)[C@]1(O)CC[C@H](C)C1. The third kappa shape index (κ3) is 2.17.